The van der Waals surface area contributed by atoms with Crippen molar-refractivity contribution in [2.75, 3.05) is 0 Å². The standard InChI is InChI=1S/C18H14S/c1-12-13-6-2-3-7-14(12)18-16(11-10-13)15-8-4-5-9-17(15)19-18/h2-11,14H,1H3. The Morgan fingerprint density at radius 1 is 1.00 bits per heavy atom. The summed E-state index contributed by atoms with van der Waals surface area (Å²) in [6.45, 7) is 2.25. The summed E-state index contributed by atoms with van der Waals surface area (Å²) in [6, 6.07) is 8.71. The average Bonchev–Trinajstić information content (AvgIpc) is 2.63. The third kappa shape index (κ3) is 1.58. The fourth-order valence-corrected chi connectivity index (χ4v) is 4.26. The third-order valence-corrected chi connectivity index (χ3v) is 5.26. The lowest BCUT2D eigenvalue weighted by Gasteiger charge is -2.12. The van der Waals surface area contributed by atoms with E-state index in [0.717, 1.165) is 0 Å². The van der Waals surface area contributed by atoms with Crippen LogP contribution in [0.25, 0.3) is 16.2 Å². The Balaban J connectivity index is 2.06. The Bertz CT molecular complexity index is 781. The normalized spacial score (nSPS) is 20.6. The van der Waals surface area contributed by atoms with Crippen molar-refractivity contribution in [1.29, 1.82) is 0 Å². The first-order chi connectivity index (χ1) is 9.34. The summed E-state index contributed by atoms with van der Waals surface area (Å²) in [5, 5.41) is 1.38. The van der Waals surface area contributed by atoms with Crippen LogP contribution in [0.3, 0.4) is 0 Å². The van der Waals surface area contributed by atoms with Crippen LogP contribution in [-0.2, 0) is 0 Å². The van der Waals surface area contributed by atoms with Gasteiger partial charge in [-0.2, -0.15) is 0 Å². The zero-order valence-electron chi connectivity index (χ0n) is 10.8. The molecule has 1 aromatic heterocycles. The van der Waals surface area contributed by atoms with Crippen molar-refractivity contribution in [3.05, 3.63) is 76.2 Å². The topological polar surface area (TPSA) is 0 Å². The van der Waals surface area contributed by atoms with Gasteiger partial charge in [0.05, 0.1) is 0 Å². The monoisotopic (exact) mass is 262 g/mol. The zero-order chi connectivity index (χ0) is 12.8. The molecule has 1 unspecified atom stereocenters. The number of rotatable bonds is 0. The van der Waals surface area contributed by atoms with Crippen molar-refractivity contribution in [1.82, 2.24) is 0 Å². The number of hydrogen-bond donors (Lipinski definition) is 0. The van der Waals surface area contributed by atoms with Crippen LogP contribution in [0.2, 0.25) is 0 Å². The Kier molecular flexibility index (Phi) is 2.36. The largest absolute Gasteiger partial charge is 0.139 e. The van der Waals surface area contributed by atoms with Crippen LogP contribution < -0.4 is 0 Å². The Labute approximate surface area is 117 Å². The smallest absolute Gasteiger partial charge is 0.0352 e. The number of hydrogen-bond acceptors (Lipinski definition) is 1. The molecule has 0 saturated carbocycles. The summed E-state index contributed by atoms with van der Waals surface area (Å²) < 4.78 is 1.39. The molecule has 1 aromatic carbocycles. The lowest BCUT2D eigenvalue weighted by molar-refractivity contribution is 1.01. The van der Waals surface area contributed by atoms with Crippen LogP contribution in [0, 0.1) is 0 Å². The first kappa shape index (κ1) is 11.0. The van der Waals surface area contributed by atoms with Crippen molar-refractivity contribution < 1.29 is 0 Å². The van der Waals surface area contributed by atoms with Crippen LogP contribution in [0.15, 0.2) is 65.8 Å². The van der Waals surface area contributed by atoms with Crippen molar-refractivity contribution >= 4 is 27.5 Å². The van der Waals surface area contributed by atoms with E-state index in [1.165, 1.54) is 31.7 Å². The summed E-state index contributed by atoms with van der Waals surface area (Å²) in [5.41, 5.74) is 4.20. The lowest BCUT2D eigenvalue weighted by Crippen LogP contribution is -1.96. The zero-order valence-corrected chi connectivity index (χ0v) is 11.6. The minimum Gasteiger partial charge on any atom is -0.139 e. The predicted octanol–water partition coefficient (Wildman–Crippen LogP) is 5.45. The van der Waals surface area contributed by atoms with Crippen LogP contribution in [0.1, 0.15) is 23.3 Å². The van der Waals surface area contributed by atoms with Crippen molar-refractivity contribution in [3.63, 3.8) is 0 Å². The molecule has 1 heterocycles. The van der Waals surface area contributed by atoms with E-state index in [-0.39, 0.29) is 0 Å². The van der Waals surface area contributed by atoms with E-state index in [0.29, 0.717) is 5.92 Å². The fraction of sp³-hybridized carbons (Fsp3) is 0.111. The molecule has 0 saturated heterocycles. The highest BCUT2D eigenvalue weighted by atomic mass is 32.1. The molecule has 4 rings (SSSR count). The molecule has 1 atom stereocenters. The molecule has 2 bridgehead atoms. The van der Waals surface area contributed by atoms with Crippen LogP contribution in [0.5, 0.6) is 0 Å². The van der Waals surface area contributed by atoms with Gasteiger partial charge in [0.2, 0.25) is 0 Å². The van der Waals surface area contributed by atoms with E-state index >= 15 is 0 Å². The number of allylic oxidation sites excluding steroid dienone is 7. The van der Waals surface area contributed by atoms with E-state index in [1.54, 1.807) is 0 Å². The molecule has 19 heavy (non-hydrogen) atoms. The molecule has 2 aliphatic carbocycles. The molecule has 2 aromatic rings. The van der Waals surface area contributed by atoms with Gasteiger partial charge in [-0.05, 0) is 29.5 Å². The lowest BCUT2D eigenvalue weighted by atomic mass is 9.94. The van der Waals surface area contributed by atoms with Gasteiger partial charge in [0.15, 0.2) is 0 Å². The molecule has 2 aliphatic rings. The van der Waals surface area contributed by atoms with Gasteiger partial charge in [-0.25, -0.2) is 0 Å². The van der Waals surface area contributed by atoms with E-state index in [2.05, 4.69) is 67.6 Å². The number of benzene rings is 1. The highest BCUT2D eigenvalue weighted by Gasteiger charge is 2.22. The highest BCUT2D eigenvalue weighted by molar-refractivity contribution is 7.19. The van der Waals surface area contributed by atoms with Crippen molar-refractivity contribution in [2.24, 2.45) is 0 Å². The molecule has 0 N–H and O–H groups in total. The maximum Gasteiger partial charge on any atom is 0.0352 e. The molecule has 0 fully saturated rings. The van der Waals surface area contributed by atoms with E-state index < -0.39 is 0 Å². The third-order valence-electron chi connectivity index (χ3n) is 3.99. The Hall–Kier alpha value is -1.86. The molecular weight excluding hydrogens is 248 g/mol. The molecule has 0 aliphatic heterocycles. The SMILES string of the molecule is CC1=C2C=CC=CC1c1sc3ccccc3c1C=C2. The molecule has 0 spiro atoms. The summed E-state index contributed by atoms with van der Waals surface area (Å²) in [4.78, 5) is 1.48. The Morgan fingerprint density at radius 3 is 2.84 bits per heavy atom. The summed E-state index contributed by atoms with van der Waals surface area (Å²) in [6.07, 6.45) is 13.4. The van der Waals surface area contributed by atoms with Gasteiger partial charge >= 0.3 is 0 Å². The van der Waals surface area contributed by atoms with E-state index in [4.69, 9.17) is 0 Å². The number of fused-ring (bicyclic) bond motifs is 5. The second kappa shape index (κ2) is 4.07. The molecule has 0 nitrogen and oxygen atoms in total. The molecule has 0 radical (unpaired) electrons. The van der Waals surface area contributed by atoms with Crippen molar-refractivity contribution in [3.8, 4) is 0 Å². The maximum absolute atomic E-state index is 2.32. The summed E-state index contributed by atoms with van der Waals surface area (Å²) in [5.74, 6) is 0.424. The summed E-state index contributed by atoms with van der Waals surface area (Å²) in [7, 11) is 0. The average molecular weight is 262 g/mol. The molecule has 1 heteroatoms. The molecule has 92 valence electrons. The van der Waals surface area contributed by atoms with Crippen LogP contribution in [-0.4, -0.2) is 0 Å². The van der Waals surface area contributed by atoms with Gasteiger partial charge in [-0.15, -0.1) is 11.3 Å². The van der Waals surface area contributed by atoms with Gasteiger partial charge in [-0.1, -0.05) is 60.2 Å². The summed E-state index contributed by atoms with van der Waals surface area (Å²) >= 11 is 1.93. The van der Waals surface area contributed by atoms with E-state index in [1.807, 2.05) is 11.3 Å². The minimum absolute atomic E-state index is 0.424. The van der Waals surface area contributed by atoms with Gasteiger partial charge in [-0.3, -0.25) is 0 Å². The second-order valence-corrected chi connectivity index (χ2v) is 6.15. The second-order valence-electron chi connectivity index (χ2n) is 5.07. The highest BCUT2D eigenvalue weighted by Crippen LogP contribution is 2.43. The van der Waals surface area contributed by atoms with E-state index in [9.17, 15) is 0 Å². The van der Waals surface area contributed by atoms with Gasteiger partial charge in [0, 0.05) is 15.5 Å². The maximum atomic E-state index is 2.32. The van der Waals surface area contributed by atoms with Gasteiger partial charge in [0.25, 0.3) is 0 Å². The predicted molar refractivity (Wildman–Crippen MR) is 84.6 cm³/mol. The molecular formula is C18H14S. The first-order valence-corrected chi connectivity index (χ1v) is 7.41. The first-order valence-electron chi connectivity index (χ1n) is 6.60. The van der Waals surface area contributed by atoms with Crippen LogP contribution >= 0.6 is 11.3 Å². The number of thiophene rings is 1. The molecule has 0 amide bonds. The van der Waals surface area contributed by atoms with Crippen LogP contribution in [0.4, 0.5) is 0 Å². The van der Waals surface area contributed by atoms with Crippen molar-refractivity contribution in [2.45, 2.75) is 12.8 Å². The fourth-order valence-electron chi connectivity index (χ4n) is 2.92. The quantitative estimate of drug-likeness (QED) is 0.592. The van der Waals surface area contributed by atoms with Gasteiger partial charge in [0.1, 0.15) is 0 Å². The Morgan fingerprint density at radius 2 is 1.89 bits per heavy atom. The van der Waals surface area contributed by atoms with Gasteiger partial charge < -0.3 is 0 Å². The minimum atomic E-state index is 0.424.